The second-order valence-corrected chi connectivity index (χ2v) is 6.73. The molecule has 2 nitrogen and oxygen atoms in total. The highest BCUT2D eigenvalue weighted by Crippen LogP contribution is 2.41. The van der Waals surface area contributed by atoms with Crippen molar-refractivity contribution in [1.82, 2.24) is 5.32 Å². The van der Waals surface area contributed by atoms with Crippen molar-refractivity contribution in [3.8, 4) is 5.75 Å². The number of nitrogens with one attached hydrogen (secondary N) is 1. The van der Waals surface area contributed by atoms with Crippen LogP contribution in [-0.4, -0.2) is 12.6 Å². The predicted molar refractivity (Wildman–Crippen MR) is 87.5 cm³/mol. The van der Waals surface area contributed by atoms with E-state index in [9.17, 15) is 0 Å². The minimum Gasteiger partial charge on any atom is -0.490 e. The summed E-state index contributed by atoms with van der Waals surface area (Å²) >= 11 is 0. The third-order valence-electron chi connectivity index (χ3n) is 4.84. The molecule has 0 aromatic heterocycles. The molecule has 1 aromatic carbocycles. The van der Waals surface area contributed by atoms with Crippen molar-refractivity contribution in [2.24, 2.45) is 11.8 Å². The Balaban J connectivity index is 1.81. The van der Waals surface area contributed by atoms with Crippen LogP contribution < -0.4 is 10.1 Å². The smallest absolute Gasteiger partial charge is 0.124 e. The van der Waals surface area contributed by atoms with Crippen LogP contribution in [0, 0.1) is 11.8 Å². The van der Waals surface area contributed by atoms with Crippen molar-refractivity contribution in [1.29, 1.82) is 0 Å². The van der Waals surface area contributed by atoms with Gasteiger partial charge in [0.1, 0.15) is 11.9 Å². The van der Waals surface area contributed by atoms with Gasteiger partial charge in [-0.25, -0.2) is 0 Å². The molecule has 1 aliphatic heterocycles. The quantitative estimate of drug-likeness (QED) is 0.827. The minimum absolute atomic E-state index is 0.343. The molecule has 0 bridgehead atoms. The maximum Gasteiger partial charge on any atom is 0.124 e. The van der Waals surface area contributed by atoms with E-state index in [0.29, 0.717) is 24.0 Å². The molecule has 0 radical (unpaired) electrons. The minimum atomic E-state index is 0.343. The van der Waals surface area contributed by atoms with E-state index in [0.717, 1.165) is 18.7 Å². The summed E-state index contributed by atoms with van der Waals surface area (Å²) < 4.78 is 6.38. The summed E-state index contributed by atoms with van der Waals surface area (Å²) in [7, 11) is 0. The Kier molecular flexibility index (Phi) is 4.34. The molecule has 2 heteroatoms. The number of allylic oxidation sites excluding steroid dienone is 2. The summed E-state index contributed by atoms with van der Waals surface area (Å²) in [5.74, 6) is 2.42. The number of hydrogen-bond donors (Lipinski definition) is 1. The van der Waals surface area contributed by atoms with E-state index >= 15 is 0 Å². The van der Waals surface area contributed by atoms with Crippen LogP contribution in [0.5, 0.6) is 5.75 Å². The van der Waals surface area contributed by atoms with Crippen LogP contribution in [0.2, 0.25) is 0 Å². The molecule has 4 unspecified atom stereocenters. The molecule has 1 aromatic rings. The lowest BCUT2D eigenvalue weighted by Crippen LogP contribution is -2.38. The maximum atomic E-state index is 6.38. The predicted octanol–water partition coefficient (Wildman–Crippen LogP) is 4.48. The molecule has 1 aliphatic carbocycles. The summed E-state index contributed by atoms with van der Waals surface area (Å²) in [5, 5.41) is 3.64. The van der Waals surface area contributed by atoms with Crippen molar-refractivity contribution in [3.63, 3.8) is 0 Å². The standard InChI is InChI=1S/C19H27NO/c1-4-20-17-12-19(15-10-13(2)9-14(3)11-15)21-18-8-6-5-7-16(17)18/h5-9,13,15,17,19-20H,4,10-12H2,1-3H3. The van der Waals surface area contributed by atoms with Gasteiger partial charge in [-0.2, -0.15) is 0 Å². The first-order valence-electron chi connectivity index (χ1n) is 8.33. The Morgan fingerprint density at radius 3 is 2.81 bits per heavy atom. The summed E-state index contributed by atoms with van der Waals surface area (Å²) in [5.41, 5.74) is 2.85. The van der Waals surface area contributed by atoms with Crippen LogP contribution in [0.15, 0.2) is 35.9 Å². The largest absolute Gasteiger partial charge is 0.490 e. The average molecular weight is 285 g/mol. The molecule has 4 atom stereocenters. The fourth-order valence-corrected chi connectivity index (χ4v) is 4.05. The lowest BCUT2D eigenvalue weighted by molar-refractivity contribution is 0.0801. The Hall–Kier alpha value is -1.28. The van der Waals surface area contributed by atoms with Crippen molar-refractivity contribution in [2.45, 2.75) is 52.2 Å². The van der Waals surface area contributed by atoms with Crippen LogP contribution in [0.4, 0.5) is 0 Å². The van der Waals surface area contributed by atoms with Gasteiger partial charge in [-0.15, -0.1) is 0 Å². The van der Waals surface area contributed by atoms with E-state index in [1.165, 1.54) is 24.0 Å². The van der Waals surface area contributed by atoms with Crippen molar-refractivity contribution < 1.29 is 4.74 Å². The average Bonchev–Trinajstić information content (AvgIpc) is 2.46. The molecule has 0 spiro atoms. The lowest BCUT2D eigenvalue weighted by atomic mass is 9.77. The Morgan fingerprint density at radius 2 is 2.05 bits per heavy atom. The Labute approximate surface area is 128 Å². The van der Waals surface area contributed by atoms with Crippen LogP contribution in [0.1, 0.15) is 51.6 Å². The molecule has 2 aliphatic rings. The van der Waals surface area contributed by atoms with Crippen molar-refractivity contribution in [2.75, 3.05) is 6.54 Å². The molecule has 0 amide bonds. The second-order valence-electron chi connectivity index (χ2n) is 6.73. The molecule has 0 saturated carbocycles. The molecule has 0 saturated heterocycles. The number of benzene rings is 1. The fourth-order valence-electron chi connectivity index (χ4n) is 4.05. The van der Waals surface area contributed by atoms with Crippen LogP contribution in [0.25, 0.3) is 0 Å². The first-order valence-corrected chi connectivity index (χ1v) is 8.33. The SMILES string of the molecule is CCNC1CC(C2CC(C)=CC(C)C2)Oc2ccccc21. The normalized spacial score (nSPS) is 32.0. The van der Waals surface area contributed by atoms with Gasteiger partial charge >= 0.3 is 0 Å². The number of hydrogen-bond acceptors (Lipinski definition) is 2. The summed E-state index contributed by atoms with van der Waals surface area (Å²) in [6.07, 6.45) is 6.30. The Bertz CT molecular complexity index is 522. The molecule has 21 heavy (non-hydrogen) atoms. The van der Waals surface area contributed by atoms with Crippen molar-refractivity contribution >= 4 is 0 Å². The van der Waals surface area contributed by atoms with E-state index in [1.807, 2.05) is 0 Å². The number of para-hydroxylation sites is 1. The van der Waals surface area contributed by atoms with Crippen LogP contribution in [0.3, 0.4) is 0 Å². The second kappa shape index (κ2) is 6.23. The molecule has 0 fully saturated rings. The highest BCUT2D eigenvalue weighted by molar-refractivity contribution is 5.38. The van der Waals surface area contributed by atoms with Gasteiger partial charge in [-0.3, -0.25) is 0 Å². The number of rotatable bonds is 3. The van der Waals surface area contributed by atoms with Crippen molar-refractivity contribution in [3.05, 3.63) is 41.5 Å². The third-order valence-corrected chi connectivity index (χ3v) is 4.84. The molecule has 1 N–H and O–H groups in total. The Morgan fingerprint density at radius 1 is 1.24 bits per heavy atom. The fraction of sp³-hybridized carbons (Fsp3) is 0.579. The number of fused-ring (bicyclic) bond motifs is 1. The zero-order valence-electron chi connectivity index (χ0n) is 13.4. The first-order chi connectivity index (χ1) is 10.2. The van der Waals surface area contributed by atoms with Gasteiger partial charge in [-0.05, 0) is 38.3 Å². The van der Waals surface area contributed by atoms with E-state index in [4.69, 9.17) is 4.74 Å². The van der Waals surface area contributed by atoms with Gasteiger partial charge in [0.25, 0.3) is 0 Å². The number of ether oxygens (including phenoxy) is 1. The monoisotopic (exact) mass is 285 g/mol. The van der Waals surface area contributed by atoms with E-state index in [2.05, 4.69) is 56.4 Å². The molecular weight excluding hydrogens is 258 g/mol. The van der Waals surface area contributed by atoms with Gasteiger partial charge in [-0.1, -0.05) is 43.7 Å². The summed E-state index contributed by atoms with van der Waals surface area (Å²) in [6.45, 7) is 7.78. The lowest BCUT2D eigenvalue weighted by Gasteiger charge is -2.39. The van der Waals surface area contributed by atoms with Gasteiger partial charge in [0.05, 0.1) is 0 Å². The van der Waals surface area contributed by atoms with E-state index in [-0.39, 0.29) is 0 Å². The highest BCUT2D eigenvalue weighted by Gasteiger charge is 2.34. The third kappa shape index (κ3) is 3.16. The molecule has 114 valence electrons. The van der Waals surface area contributed by atoms with Gasteiger partial charge < -0.3 is 10.1 Å². The van der Waals surface area contributed by atoms with Gasteiger partial charge in [0.15, 0.2) is 0 Å². The summed E-state index contributed by atoms with van der Waals surface area (Å²) in [6, 6.07) is 8.96. The van der Waals surface area contributed by atoms with Crippen LogP contribution >= 0.6 is 0 Å². The van der Waals surface area contributed by atoms with E-state index in [1.54, 1.807) is 0 Å². The van der Waals surface area contributed by atoms with Gasteiger partial charge in [0, 0.05) is 23.9 Å². The molecule has 1 heterocycles. The zero-order valence-corrected chi connectivity index (χ0v) is 13.4. The summed E-state index contributed by atoms with van der Waals surface area (Å²) in [4.78, 5) is 0. The zero-order chi connectivity index (χ0) is 14.8. The first kappa shape index (κ1) is 14.6. The molecular formula is C19H27NO. The van der Waals surface area contributed by atoms with E-state index < -0.39 is 0 Å². The molecule has 3 rings (SSSR count). The maximum absolute atomic E-state index is 6.38. The van der Waals surface area contributed by atoms with Crippen LogP contribution in [-0.2, 0) is 0 Å². The topological polar surface area (TPSA) is 21.3 Å². The van der Waals surface area contributed by atoms with Gasteiger partial charge in [0.2, 0.25) is 0 Å². The highest BCUT2D eigenvalue weighted by atomic mass is 16.5.